The Bertz CT molecular complexity index is 2150. The lowest BCUT2D eigenvalue weighted by Gasteiger charge is -2.47. The van der Waals surface area contributed by atoms with Crippen molar-refractivity contribution in [2.75, 3.05) is 5.32 Å². The quantitative estimate of drug-likeness (QED) is 0.221. The second kappa shape index (κ2) is 9.68. The summed E-state index contributed by atoms with van der Waals surface area (Å²) in [4.78, 5) is 0. The molecule has 0 heterocycles. The molecule has 3 aliphatic carbocycles. The van der Waals surface area contributed by atoms with Gasteiger partial charge in [0.2, 0.25) is 0 Å². The topological polar surface area (TPSA) is 12.0 Å². The first-order chi connectivity index (χ1) is 22.1. The van der Waals surface area contributed by atoms with Crippen molar-refractivity contribution in [1.29, 1.82) is 0 Å². The van der Waals surface area contributed by atoms with E-state index in [1.165, 1.54) is 60.9 Å². The van der Waals surface area contributed by atoms with Crippen molar-refractivity contribution in [3.8, 4) is 11.1 Å². The van der Waals surface area contributed by atoms with Crippen LogP contribution in [0.15, 0.2) is 151 Å². The fourth-order valence-electron chi connectivity index (χ4n) is 8.59. The SMILES string of the molecule is CC1(C)c2ccccc2C2(C3=C(C=CCC3)c3cc(-c4ccc(Nc5cccc6ccccc56)cc4)ccc32)c2ccccc21. The molecule has 0 atom stereocenters. The van der Waals surface area contributed by atoms with Crippen LogP contribution < -0.4 is 5.32 Å². The Labute approximate surface area is 265 Å². The zero-order valence-electron chi connectivity index (χ0n) is 25.8. The summed E-state index contributed by atoms with van der Waals surface area (Å²) in [6, 6.07) is 49.6. The van der Waals surface area contributed by atoms with Crippen LogP contribution in [0, 0.1) is 0 Å². The van der Waals surface area contributed by atoms with Crippen LogP contribution in [-0.4, -0.2) is 0 Å². The molecule has 0 saturated carbocycles. The molecule has 3 aliphatic rings. The minimum absolute atomic E-state index is 0.0613. The van der Waals surface area contributed by atoms with E-state index < -0.39 is 0 Å². The van der Waals surface area contributed by atoms with Gasteiger partial charge in [0.1, 0.15) is 0 Å². The average Bonchev–Trinajstić information content (AvgIpc) is 3.38. The van der Waals surface area contributed by atoms with Crippen molar-refractivity contribution >= 4 is 27.7 Å². The minimum Gasteiger partial charge on any atom is -0.355 e. The summed E-state index contributed by atoms with van der Waals surface area (Å²) in [5.74, 6) is 0. The maximum atomic E-state index is 3.65. The predicted octanol–water partition coefficient (Wildman–Crippen LogP) is 11.3. The monoisotopic (exact) mass is 577 g/mol. The smallest absolute Gasteiger partial charge is 0.0682 e. The maximum absolute atomic E-state index is 3.65. The van der Waals surface area contributed by atoms with Crippen LogP contribution >= 0.6 is 0 Å². The van der Waals surface area contributed by atoms with E-state index in [2.05, 4.69) is 165 Å². The molecule has 0 unspecified atom stereocenters. The highest BCUT2D eigenvalue weighted by molar-refractivity contribution is 5.96. The second-order valence-electron chi connectivity index (χ2n) is 13.3. The number of hydrogen-bond acceptors (Lipinski definition) is 1. The lowest BCUT2D eigenvalue weighted by molar-refractivity contribution is 0.550. The van der Waals surface area contributed by atoms with E-state index in [9.17, 15) is 0 Å². The first-order valence-corrected chi connectivity index (χ1v) is 16.2. The van der Waals surface area contributed by atoms with Gasteiger partial charge in [-0.2, -0.15) is 0 Å². The number of nitrogens with one attached hydrogen (secondary N) is 1. The Hall–Kier alpha value is -5.14. The first kappa shape index (κ1) is 26.3. The van der Waals surface area contributed by atoms with Crippen molar-refractivity contribution in [3.63, 3.8) is 0 Å². The molecule has 0 aromatic heterocycles. The first-order valence-electron chi connectivity index (χ1n) is 16.2. The highest BCUT2D eigenvalue weighted by Gasteiger charge is 2.53. The maximum Gasteiger partial charge on any atom is 0.0682 e. The molecular weight excluding hydrogens is 542 g/mol. The summed E-state index contributed by atoms with van der Waals surface area (Å²) in [7, 11) is 0. The predicted molar refractivity (Wildman–Crippen MR) is 189 cm³/mol. The number of allylic oxidation sites excluding steroid dienone is 4. The van der Waals surface area contributed by atoms with Crippen molar-refractivity contribution in [1.82, 2.24) is 0 Å². The summed E-state index contributed by atoms with van der Waals surface area (Å²) in [6.07, 6.45) is 6.93. The number of rotatable bonds is 3. The molecule has 1 nitrogen and oxygen atoms in total. The van der Waals surface area contributed by atoms with Crippen LogP contribution in [0.4, 0.5) is 11.4 Å². The van der Waals surface area contributed by atoms with Crippen LogP contribution in [0.5, 0.6) is 0 Å². The average molecular weight is 578 g/mol. The molecule has 6 aromatic carbocycles. The normalized spacial score (nSPS) is 16.7. The Morgan fingerprint density at radius 1 is 0.578 bits per heavy atom. The molecule has 0 radical (unpaired) electrons. The van der Waals surface area contributed by atoms with Crippen LogP contribution in [0.2, 0.25) is 0 Å². The molecular formula is C44H35N. The Kier molecular flexibility index (Phi) is 5.65. The third-order valence-corrected chi connectivity index (χ3v) is 10.6. The van der Waals surface area contributed by atoms with Gasteiger partial charge in [-0.3, -0.25) is 0 Å². The van der Waals surface area contributed by atoms with Gasteiger partial charge in [-0.1, -0.05) is 135 Å². The second-order valence-corrected chi connectivity index (χ2v) is 13.3. The van der Waals surface area contributed by atoms with Gasteiger partial charge < -0.3 is 5.32 Å². The minimum atomic E-state index is -0.261. The molecule has 0 aliphatic heterocycles. The van der Waals surface area contributed by atoms with E-state index in [-0.39, 0.29) is 10.8 Å². The van der Waals surface area contributed by atoms with Gasteiger partial charge in [-0.05, 0) is 98.1 Å². The van der Waals surface area contributed by atoms with Crippen LogP contribution in [0.25, 0.3) is 27.5 Å². The van der Waals surface area contributed by atoms with Gasteiger partial charge in [0.05, 0.1) is 5.41 Å². The van der Waals surface area contributed by atoms with E-state index in [4.69, 9.17) is 0 Å². The van der Waals surface area contributed by atoms with Gasteiger partial charge in [-0.15, -0.1) is 0 Å². The number of hydrogen-bond donors (Lipinski definition) is 1. The molecule has 0 fully saturated rings. The van der Waals surface area contributed by atoms with Gasteiger partial charge in [0.25, 0.3) is 0 Å². The largest absolute Gasteiger partial charge is 0.355 e. The highest BCUT2D eigenvalue weighted by atomic mass is 14.9. The third kappa shape index (κ3) is 3.68. The molecule has 1 spiro atoms. The van der Waals surface area contributed by atoms with E-state index in [0.29, 0.717) is 0 Å². The number of anilines is 2. The fraction of sp³-hybridized carbons (Fsp3) is 0.136. The fourth-order valence-corrected chi connectivity index (χ4v) is 8.59. The lowest BCUT2D eigenvalue weighted by atomic mass is 9.54. The van der Waals surface area contributed by atoms with E-state index in [1.807, 2.05) is 0 Å². The summed E-state index contributed by atoms with van der Waals surface area (Å²) in [5, 5.41) is 6.13. The zero-order chi connectivity index (χ0) is 30.2. The Morgan fingerprint density at radius 2 is 1.22 bits per heavy atom. The van der Waals surface area contributed by atoms with Gasteiger partial charge in [-0.25, -0.2) is 0 Å². The van der Waals surface area contributed by atoms with Gasteiger partial charge in [0, 0.05) is 22.2 Å². The highest BCUT2D eigenvalue weighted by Crippen LogP contribution is 2.63. The molecule has 9 rings (SSSR count). The number of benzene rings is 6. The summed E-state index contributed by atoms with van der Waals surface area (Å²) < 4.78 is 0. The van der Waals surface area contributed by atoms with Gasteiger partial charge in [0.15, 0.2) is 0 Å². The van der Waals surface area contributed by atoms with E-state index in [0.717, 1.165) is 24.2 Å². The zero-order valence-corrected chi connectivity index (χ0v) is 25.8. The molecule has 45 heavy (non-hydrogen) atoms. The number of fused-ring (bicyclic) bond motifs is 9. The van der Waals surface area contributed by atoms with E-state index >= 15 is 0 Å². The Balaban J connectivity index is 1.17. The van der Waals surface area contributed by atoms with E-state index in [1.54, 1.807) is 5.57 Å². The summed E-state index contributed by atoms with van der Waals surface area (Å²) >= 11 is 0. The van der Waals surface area contributed by atoms with Crippen LogP contribution in [0.3, 0.4) is 0 Å². The molecule has 0 bridgehead atoms. The Morgan fingerprint density at radius 3 is 1.98 bits per heavy atom. The van der Waals surface area contributed by atoms with Crippen molar-refractivity contribution in [2.24, 2.45) is 0 Å². The molecule has 1 N–H and O–H groups in total. The molecule has 0 amide bonds. The molecule has 6 aromatic rings. The molecule has 0 saturated heterocycles. The molecule has 1 heteroatoms. The third-order valence-electron chi connectivity index (χ3n) is 10.6. The van der Waals surface area contributed by atoms with Crippen LogP contribution in [0.1, 0.15) is 60.1 Å². The van der Waals surface area contributed by atoms with Crippen molar-refractivity contribution in [2.45, 2.75) is 37.5 Å². The van der Waals surface area contributed by atoms with Crippen molar-refractivity contribution < 1.29 is 0 Å². The molecule has 216 valence electrons. The summed E-state index contributed by atoms with van der Waals surface area (Å²) in [5.41, 5.74) is 15.9. The van der Waals surface area contributed by atoms with Crippen molar-refractivity contribution in [3.05, 3.63) is 185 Å². The summed E-state index contributed by atoms with van der Waals surface area (Å²) in [6.45, 7) is 4.79. The lowest BCUT2D eigenvalue weighted by Crippen LogP contribution is -2.41. The standard InChI is InChI=1S/C44H35N/c1-43(2)38-17-7-9-19-40(38)44(41-20-10-8-18-39(41)43)36-16-6-5-15-34(36)35-28-31(24-27-37(35)44)29-22-25-32(26-23-29)45-42-21-11-13-30-12-3-4-14-33(30)42/h3-5,7-15,17-28,45H,6,16H2,1-2H3. The van der Waals surface area contributed by atoms with Crippen LogP contribution in [-0.2, 0) is 10.8 Å². The van der Waals surface area contributed by atoms with Gasteiger partial charge >= 0.3 is 0 Å².